The molecule has 1 fully saturated rings. The predicted octanol–water partition coefficient (Wildman–Crippen LogP) is 1.54. The number of carbonyl (C=O) groups is 2. The number of rotatable bonds is 10. The molecule has 0 amide bonds. The van der Waals surface area contributed by atoms with Crippen molar-refractivity contribution in [1.29, 1.82) is 0 Å². The van der Waals surface area contributed by atoms with Crippen molar-refractivity contribution < 1.29 is 23.8 Å². The summed E-state index contributed by atoms with van der Waals surface area (Å²) in [5, 5.41) is 0. The van der Waals surface area contributed by atoms with Gasteiger partial charge in [0.25, 0.3) is 0 Å². The summed E-state index contributed by atoms with van der Waals surface area (Å²) in [6.07, 6.45) is 6.44. The highest BCUT2D eigenvalue weighted by Crippen LogP contribution is 1.99. The number of esters is 2. The smallest absolute Gasteiger partial charge is 0.331 e. The van der Waals surface area contributed by atoms with Gasteiger partial charge in [0, 0.05) is 31.8 Å². The molecule has 1 aliphatic heterocycles. The van der Waals surface area contributed by atoms with E-state index < -0.39 is 11.9 Å². The van der Waals surface area contributed by atoms with Gasteiger partial charge in [0.1, 0.15) is 6.61 Å². The molecule has 0 aliphatic carbocycles. The van der Waals surface area contributed by atoms with Crippen LogP contribution < -0.4 is 0 Å². The number of ether oxygens (including phenoxy) is 3. The summed E-state index contributed by atoms with van der Waals surface area (Å²) < 4.78 is 15.3. The molecule has 22 heavy (non-hydrogen) atoms. The van der Waals surface area contributed by atoms with Crippen LogP contribution in [-0.2, 0) is 23.8 Å². The molecule has 0 spiro atoms. The van der Waals surface area contributed by atoms with Gasteiger partial charge < -0.3 is 14.2 Å². The van der Waals surface area contributed by atoms with Crippen LogP contribution in [0.2, 0.25) is 0 Å². The summed E-state index contributed by atoms with van der Waals surface area (Å²) >= 11 is 0. The van der Waals surface area contributed by atoms with Gasteiger partial charge >= 0.3 is 11.9 Å². The molecule has 1 heterocycles. The molecule has 0 N–H and O–H groups in total. The Morgan fingerprint density at radius 2 is 1.64 bits per heavy atom. The third-order valence-corrected chi connectivity index (χ3v) is 3.35. The molecule has 1 rings (SSSR count). The van der Waals surface area contributed by atoms with E-state index in [-0.39, 0.29) is 0 Å². The van der Waals surface area contributed by atoms with E-state index in [2.05, 4.69) is 11.8 Å². The number of unbranched alkanes of at least 4 members (excludes halogenated alkanes) is 3. The second kappa shape index (κ2) is 12.2. The Kier molecular flexibility index (Phi) is 10.3. The van der Waals surface area contributed by atoms with Crippen molar-refractivity contribution in [2.24, 2.45) is 0 Å². The normalized spacial score (nSPS) is 15.9. The van der Waals surface area contributed by atoms with Crippen molar-refractivity contribution >= 4 is 11.9 Å². The first-order valence-electron chi connectivity index (χ1n) is 8.04. The van der Waals surface area contributed by atoms with Crippen LogP contribution in [0.15, 0.2) is 12.2 Å². The molecule has 0 radical (unpaired) electrons. The van der Waals surface area contributed by atoms with Crippen molar-refractivity contribution in [3.05, 3.63) is 12.2 Å². The van der Waals surface area contributed by atoms with E-state index in [1.807, 2.05) is 0 Å². The van der Waals surface area contributed by atoms with Crippen molar-refractivity contribution in [2.45, 2.75) is 32.6 Å². The number of carbonyl (C=O) groups excluding carboxylic acids is 2. The molecular weight excluding hydrogens is 286 g/mol. The molecule has 126 valence electrons. The van der Waals surface area contributed by atoms with E-state index in [0.29, 0.717) is 19.8 Å². The van der Waals surface area contributed by atoms with Crippen LogP contribution in [0.25, 0.3) is 0 Å². The highest BCUT2D eigenvalue weighted by molar-refractivity contribution is 5.91. The average Bonchev–Trinajstić information content (AvgIpc) is 2.54. The minimum atomic E-state index is -0.517. The molecule has 1 aliphatic rings. The quantitative estimate of drug-likeness (QED) is 0.346. The third kappa shape index (κ3) is 9.52. The first kappa shape index (κ1) is 18.6. The Balaban J connectivity index is 2.03. The van der Waals surface area contributed by atoms with Gasteiger partial charge in [-0.1, -0.05) is 26.2 Å². The fourth-order valence-electron chi connectivity index (χ4n) is 2.03. The predicted molar refractivity (Wildman–Crippen MR) is 82.5 cm³/mol. The second-order valence-electron chi connectivity index (χ2n) is 5.18. The number of hydrogen-bond acceptors (Lipinski definition) is 6. The van der Waals surface area contributed by atoms with Crippen molar-refractivity contribution in [3.63, 3.8) is 0 Å². The number of nitrogens with zero attached hydrogens (tertiary/aromatic N) is 1. The standard InChI is InChI=1S/C16H27NO5/c1-2-3-4-5-11-21-15(18)6-7-16(19)22-14-10-17-8-12-20-13-9-17/h6-7H,2-5,8-14H2,1H3/b7-6+. The van der Waals surface area contributed by atoms with E-state index in [1.165, 1.54) is 0 Å². The first-order chi connectivity index (χ1) is 10.7. The summed E-state index contributed by atoms with van der Waals surface area (Å²) in [6, 6.07) is 0. The lowest BCUT2D eigenvalue weighted by Crippen LogP contribution is -2.38. The molecular formula is C16H27NO5. The topological polar surface area (TPSA) is 65.1 Å². The van der Waals surface area contributed by atoms with Crippen molar-refractivity contribution in [1.82, 2.24) is 4.90 Å². The SMILES string of the molecule is CCCCCCOC(=O)/C=C/C(=O)OCCN1CCOCC1. The van der Waals surface area contributed by atoms with Crippen LogP contribution in [0.3, 0.4) is 0 Å². The fraction of sp³-hybridized carbons (Fsp3) is 0.750. The molecule has 6 nitrogen and oxygen atoms in total. The van der Waals surface area contributed by atoms with Gasteiger partial charge in [-0.25, -0.2) is 9.59 Å². The van der Waals surface area contributed by atoms with Crippen LogP contribution in [0.4, 0.5) is 0 Å². The van der Waals surface area contributed by atoms with Gasteiger partial charge in [0.15, 0.2) is 0 Å². The van der Waals surface area contributed by atoms with Gasteiger partial charge in [-0.05, 0) is 6.42 Å². The van der Waals surface area contributed by atoms with Crippen LogP contribution in [0, 0.1) is 0 Å². The molecule has 0 saturated carbocycles. The van der Waals surface area contributed by atoms with Gasteiger partial charge in [-0.3, -0.25) is 4.90 Å². The van der Waals surface area contributed by atoms with Crippen molar-refractivity contribution in [3.8, 4) is 0 Å². The molecule has 0 aromatic rings. The molecule has 0 unspecified atom stereocenters. The minimum Gasteiger partial charge on any atom is -0.463 e. The second-order valence-corrected chi connectivity index (χ2v) is 5.18. The zero-order valence-corrected chi connectivity index (χ0v) is 13.4. The van der Waals surface area contributed by atoms with Gasteiger partial charge in [0.2, 0.25) is 0 Å². The van der Waals surface area contributed by atoms with Gasteiger partial charge in [0.05, 0.1) is 19.8 Å². The fourth-order valence-corrected chi connectivity index (χ4v) is 2.03. The van der Waals surface area contributed by atoms with E-state index in [0.717, 1.165) is 64.1 Å². The Bertz CT molecular complexity index is 350. The van der Waals surface area contributed by atoms with E-state index in [4.69, 9.17) is 14.2 Å². The van der Waals surface area contributed by atoms with Crippen molar-refractivity contribution in [2.75, 3.05) is 46.1 Å². The van der Waals surface area contributed by atoms with E-state index in [1.54, 1.807) is 0 Å². The zero-order chi connectivity index (χ0) is 16.0. The van der Waals surface area contributed by atoms with Crippen LogP contribution in [0.5, 0.6) is 0 Å². The summed E-state index contributed by atoms with van der Waals surface area (Å²) in [7, 11) is 0. The van der Waals surface area contributed by atoms with Crippen LogP contribution in [-0.4, -0.2) is 62.9 Å². The monoisotopic (exact) mass is 313 g/mol. The summed E-state index contributed by atoms with van der Waals surface area (Å²) in [5.74, 6) is -1.02. The van der Waals surface area contributed by atoms with Gasteiger partial charge in [-0.2, -0.15) is 0 Å². The van der Waals surface area contributed by atoms with Gasteiger partial charge in [-0.15, -0.1) is 0 Å². The molecule has 0 aromatic heterocycles. The Morgan fingerprint density at radius 3 is 2.27 bits per heavy atom. The summed E-state index contributed by atoms with van der Waals surface area (Å²) in [5.41, 5.74) is 0. The lowest BCUT2D eigenvalue weighted by atomic mass is 10.2. The molecule has 0 bridgehead atoms. The first-order valence-corrected chi connectivity index (χ1v) is 8.04. The lowest BCUT2D eigenvalue weighted by molar-refractivity contribution is -0.140. The average molecular weight is 313 g/mol. The largest absolute Gasteiger partial charge is 0.463 e. The highest BCUT2D eigenvalue weighted by atomic mass is 16.5. The van der Waals surface area contributed by atoms with E-state index >= 15 is 0 Å². The Morgan fingerprint density at radius 1 is 1.00 bits per heavy atom. The maximum Gasteiger partial charge on any atom is 0.331 e. The highest BCUT2D eigenvalue weighted by Gasteiger charge is 2.10. The van der Waals surface area contributed by atoms with Crippen LogP contribution in [0.1, 0.15) is 32.6 Å². The summed E-state index contributed by atoms with van der Waals surface area (Å²) in [4.78, 5) is 25.0. The number of morpholine rings is 1. The van der Waals surface area contributed by atoms with Crippen LogP contribution >= 0.6 is 0 Å². The Labute approximate surface area is 132 Å². The summed E-state index contributed by atoms with van der Waals surface area (Å²) in [6.45, 7) is 6.68. The molecule has 1 saturated heterocycles. The maximum atomic E-state index is 11.4. The molecule has 0 atom stereocenters. The zero-order valence-electron chi connectivity index (χ0n) is 13.4. The minimum absolute atomic E-state index is 0.315. The Hall–Kier alpha value is -1.40. The maximum absolute atomic E-state index is 11.4. The lowest BCUT2D eigenvalue weighted by Gasteiger charge is -2.25. The molecule has 6 heteroatoms. The number of hydrogen-bond donors (Lipinski definition) is 0. The van der Waals surface area contributed by atoms with E-state index in [9.17, 15) is 9.59 Å². The molecule has 0 aromatic carbocycles. The third-order valence-electron chi connectivity index (χ3n) is 3.35.